The first-order valence-electron chi connectivity index (χ1n) is 8.97. The number of hydrogen-bond donors (Lipinski definition) is 2. The lowest BCUT2D eigenvalue weighted by Gasteiger charge is -2.18. The van der Waals surface area contributed by atoms with Gasteiger partial charge in [0.1, 0.15) is 22.2 Å². The maximum Gasteiger partial charge on any atom is 0.250 e. The number of carbonyl (C=O) groups is 1. The van der Waals surface area contributed by atoms with Crippen LogP contribution in [0.5, 0.6) is 0 Å². The molecule has 9 nitrogen and oxygen atoms in total. The first-order valence-corrected chi connectivity index (χ1v) is 11.3. The summed E-state index contributed by atoms with van der Waals surface area (Å²) in [6.07, 6.45) is 1.75. The monoisotopic (exact) mass is 443 g/mol. The van der Waals surface area contributed by atoms with Crippen LogP contribution in [0.25, 0.3) is 10.6 Å². The largest absolute Gasteiger partial charge is 0.398 e. The van der Waals surface area contributed by atoms with Gasteiger partial charge >= 0.3 is 0 Å². The van der Waals surface area contributed by atoms with Gasteiger partial charge in [-0.15, -0.1) is 11.3 Å². The minimum absolute atomic E-state index is 0.0951. The van der Waals surface area contributed by atoms with Gasteiger partial charge in [-0.1, -0.05) is 5.16 Å². The normalized spacial score (nSPS) is 16.7. The van der Waals surface area contributed by atoms with Crippen LogP contribution in [0.15, 0.2) is 51.4 Å². The average Bonchev–Trinajstić information content (AvgIpc) is 3.47. The van der Waals surface area contributed by atoms with Crippen LogP contribution in [-0.2, 0) is 21.4 Å². The summed E-state index contributed by atoms with van der Waals surface area (Å²) in [5.74, 6) is -0.325. The van der Waals surface area contributed by atoms with Crippen molar-refractivity contribution >= 4 is 33.0 Å². The second kappa shape index (κ2) is 7.91. The zero-order valence-corrected chi connectivity index (χ0v) is 17.2. The SMILES string of the molecule is N#Cc1ccc(N)c(CN2CC[C@H](NS(=O)(=O)c3ccc(-c4ccon4)s3)C2=O)c1. The van der Waals surface area contributed by atoms with E-state index < -0.39 is 16.1 Å². The molecule has 1 saturated heterocycles. The van der Waals surface area contributed by atoms with Crippen molar-refractivity contribution < 1.29 is 17.7 Å². The number of sulfonamides is 1. The summed E-state index contributed by atoms with van der Waals surface area (Å²) in [5, 5.41) is 12.8. The van der Waals surface area contributed by atoms with Crippen LogP contribution in [0, 0.1) is 11.3 Å². The molecule has 3 heterocycles. The Bertz CT molecular complexity index is 1230. The summed E-state index contributed by atoms with van der Waals surface area (Å²) < 4.78 is 32.9. The minimum atomic E-state index is -3.87. The van der Waals surface area contributed by atoms with Gasteiger partial charge in [0.25, 0.3) is 10.0 Å². The summed E-state index contributed by atoms with van der Waals surface area (Å²) in [6, 6.07) is 10.8. The van der Waals surface area contributed by atoms with Crippen LogP contribution in [0.1, 0.15) is 17.5 Å². The highest BCUT2D eigenvalue weighted by atomic mass is 32.2. The lowest BCUT2D eigenvalue weighted by atomic mass is 10.1. The Morgan fingerprint density at radius 3 is 2.90 bits per heavy atom. The summed E-state index contributed by atoms with van der Waals surface area (Å²) >= 11 is 1.05. The Morgan fingerprint density at radius 2 is 2.17 bits per heavy atom. The van der Waals surface area contributed by atoms with Gasteiger partial charge < -0.3 is 15.2 Å². The zero-order chi connectivity index (χ0) is 21.3. The molecule has 0 aliphatic carbocycles. The average molecular weight is 444 g/mol. The maximum absolute atomic E-state index is 12.8. The number of carbonyl (C=O) groups excluding carboxylic acids is 1. The Kier molecular flexibility index (Phi) is 5.29. The van der Waals surface area contributed by atoms with Gasteiger partial charge in [0.05, 0.1) is 16.5 Å². The van der Waals surface area contributed by atoms with E-state index >= 15 is 0 Å². The number of nitrogens with two attached hydrogens (primary N) is 1. The quantitative estimate of drug-likeness (QED) is 0.554. The molecular formula is C19H17N5O4S2. The third-order valence-electron chi connectivity index (χ3n) is 4.76. The highest BCUT2D eigenvalue weighted by molar-refractivity contribution is 7.91. The Hall–Kier alpha value is -3.20. The summed E-state index contributed by atoms with van der Waals surface area (Å²) in [5.41, 5.74) is 8.08. The predicted molar refractivity (Wildman–Crippen MR) is 110 cm³/mol. The van der Waals surface area contributed by atoms with Gasteiger partial charge in [0.15, 0.2) is 0 Å². The fourth-order valence-electron chi connectivity index (χ4n) is 3.21. The van der Waals surface area contributed by atoms with Crippen LogP contribution in [0.4, 0.5) is 5.69 Å². The molecule has 0 bridgehead atoms. The first kappa shape index (κ1) is 20.1. The van der Waals surface area contributed by atoms with Crippen molar-refractivity contribution in [3.63, 3.8) is 0 Å². The second-order valence-corrected chi connectivity index (χ2v) is 9.78. The van der Waals surface area contributed by atoms with Gasteiger partial charge in [-0.25, -0.2) is 8.42 Å². The van der Waals surface area contributed by atoms with E-state index in [0.717, 1.165) is 11.3 Å². The van der Waals surface area contributed by atoms with Crippen molar-refractivity contribution in [2.45, 2.75) is 23.2 Å². The molecule has 1 atom stereocenters. The number of thiophene rings is 1. The first-order chi connectivity index (χ1) is 14.4. The van der Waals surface area contributed by atoms with Crippen LogP contribution in [0.3, 0.4) is 0 Å². The molecule has 3 aromatic rings. The molecule has 0 unspecified atom stereocenters. The molecule has 30 heavy (non-hydrogen) atoms. The summed E-state index contributed by atoms with van der Waals surface area (Å²) in [7, 11) is -3.87. The van der Waals surface area contributed by atoms with Crippen LogP contribution in [0.2, 0.25) is 0 Å². The number of aromatic nitrogens is 1. The number of nitrogen functional groups attached to an aromatic ring is 1. The van der Waals surface area contributed by atoms with Gasteiger partial charge in [-0.3, -0.25) is 4.79 Å². The van der Waals surface area contributed by atoms with Gasteiger partial charge in [-0.2, -0.15) is 9.98 Å². The van der Waals surface area contributed by atoms with E-state index in [1.54, 1.807) is 30.3 Å². The Balaban J connectivity index is 1.46. The third kappa shape index (κ3) is 3.93. The molecule has 11 heteroatoms. The lowest BCUT2D eigenvalue weighted by Crippen LogP contribution is -2.41. The number of rotatable bonds is 6. The molecule has 154 valence electrons. The molecule has 0 saturated carbocycles. The summed E-state index contributed by atoms with van der Waals surface area (Å²) in [6.45, 7) is 0.602. The molecule has 1 amide bonds. The number of nitrogens with one attached hydrogen (secondary N) is 1. The molecule has 1 fully saturated rings. The fourth-order valence-corrected chi connectivity index (χ4v) is 5.72. The summed E-state index contributed by atoms with van der Waals surface area (Å²) in [4.78, 5) is 14.9. The highest BCUT2D eigenvalue weighted by Gasteiger charge is 2.35. The van der Waals surface area contributed by atoms with Gasteiger partial charge in [-0.05, 0) is 42.3 Å². The number of benzene rings is 1. The van der Waals surface area contributed by atoms with E-state index in [1.807, 2.05) is 6.07 Å². The topological polar surface area (TPSA) is 142 Å². The van der Waals surface area contributed by atoms with E-state index in [2.05, 4.69) is 9.88 Å². The van der Waals surface area contributed by atoms with Gasteiger partial charge in [0.2, 0.25) is 5.91 Å². The van der Waals surface area contributed by atoms with E-state index in [4.69, 9.17) is 15.5 Å². The highest BCUT2D eigenvalue weighted by Crippen LogP contribution is 2.30. The van der Waals surface area contributed by atoms with E-state index in [1.165, 1.54) is 17.2 Å². The fraction of sp³-hybridized carbons (Fsp3) is 0.211. The zero-order valence-electron chi connectivity index (χ0n) is 15.6. The van der Waals surface area contributed by atoms with Crippen molar-refractivity contribution in [3.8, 4) is 16.6 Å². The Labute approximate surface area is 176 Å². The van der Waals surface area contributed by atoms with Crippen LogP contribution < -0.4 is 10.5 Å². The molecule has 2 aromatic heterocycles. The van der Waals surface area contributed by atoms with Crippen LogP contribution >= 0.6 is 11.3 Å². The van der Waals surface area contributed by atoms with E-state index in [9.17, 15) is 13.2 Å². The number of hydrogen-bond acceptors (Lipinski definition) is 8. The minimum Gasteiger partial charge on any atom is -0.398 e. The van der Waals surface area contributed by atoms with E-state index in [0.29, 0.717) is 40.4 Å². The van der Waals surface area contributed by atoms with Crippen molar-refractivity contribution in [1.29, 1.82) is 5.26 Å². The molecule has 1 aromatic carbocycles. The molecule has 4 rings (SSSR count). The number of amides is 1. The number of likely N-dealkylation sites (tertiary alicyclic amines) is 1. The Morgan fingerprint density at radius 1 is 1.33 bits per heavy atom. The van der Waals surface area contributed by atoms with Crippen molar-refractivity contribution in [1.82, 2.24) is 14.8 Å². The molecule has 1 aliphatic rings. The van der Waals surface area contributed by atoms with Crippen LogP contribution in [-0.4, -0.2) is 37.0 Å². The second-order valence-electron chi connectivity index (χ2n) is 6.75. The molecule has 0 radical (unpaired) electrons. The molecular weight excluding hydrogens is 426 g/mol. The van der Waals surface area contributed by atoms with Crippen molar-refractivity contribution in [2.75, 3.05) is 12.3 Å². The van der Waals surface area contributed by atoms with Gasteiger partial charge in [0, 0.05) is 24.8 Å². The third-order valence-corrected chi connectivity index (χ3v) is 7.84. The molecule has 0 spiro atoms. The number of anilines is 1. The van der Waals surface area contributed by atoms with E-state index in [-0.39, 0.29) is 16.7 Å². The predicted octanol–water partition coefficient (Wildman–Crippen LogP) is 1.94. The smallest absolute Gasteiger partial charge is 0.250 e. The number of nitriles is 1. The standard InChI is InChI=1S/C19H17N5O4S2/c20-10-12-1-2-14(21)13(9-12)11-24-7-5-16(19(24)25)23-30(26,27)18-4-3-17(29-18)15-6-8-28-22-15/h1-4,6,8-9,16,23H,5,7,11,21H2/t16-/m0/s1. The molecule has 1 aliphatic heterocycles. The molecule has 3 N–H and O–H groups in total. The van der Waals surface area contributed by atoms with Crippen molar-refractivity contribution in [2.24, 2.45) is 0 Å². The number of nitrogens with zero attached hydrogens (tertiary/aromatic N) is 3. The van der Waals surface area contributed by atoms with Crippen molar-refractivity contribution in [3.05, 3.63) is 53.8 Å². The lowest BCUT2D eigenvalue weighted by molar-refractivity contribution is -0.129. The maximum atomic E-state index is 12.8.